The molecule has 0 bridgehead atoms. The molecule has 0 spiro atoms. The number of hydrogen-bond acceptors (Lipinski definition) is 2. The number of fused-ring (bicyclic) bond motifs is 1. The van der Waals surface area contributed by atoms with E-state index in [1.165, 1.54) is 18.4 Å². The first kappa shape index (κ1) is 16.6. The summed E-state index contributed by atoms with van der Waals surface area (Å²) in [5, 5.41) is 0. The molecule has 2 aliphatic carbocycles. The van der Waals surface area contributed by atoms with Crippen LogP contribution in [0.4, 0.5) is 0 Å². The van der Waals surface area contributed by atoms with Gasteiger partial charge in [0.05, 0.1) is 12.2 Å². The molecular formula is C22H24O2. The maximum atomic E-state index is 12.0. The number of rotatable bonds is 2. The predicted molar refractivity (Wildman–Crippen MR) is 97.3 cm³/mol. The van der Waals surface area contributed by atoms with Crippen LogP contribution >= 0.6 is 0 Å². The fraction of sp³-hybridized carbons (Fsp3) is 0.409. The van der Waals surface area contributed by atoms with E-state index in [2.05, 4.69) is 37.8 Å². The van der Waals surface area contributed by atoms with Crippen LogP contribution in [0, 0.1) is 17.3 Å². The zero-order valence-electron chi connectivity index (χ0n) is 14.7. The van der Waals surface area contributed by atoms with Crippen molar-refractivity contribution in [3.05, 3.63) is 52.6 Å². The fourth-order valence-electron chi connectivity index (χ4n) is 3.39. The van der Waals surface area contributed by atoms with Gasteiger partial charge in [-0.3, -0.25) is 0 Å². The minimum atomic E-state index is -0.232. The Morgan fingerprint density at radius 2 is 2.08 bits per heavy atom. The van der Waals surface area contributed by atoms with Gasteiger partial charge in [0.2, 0.25) is 0 Å². The number of esters is 1. The standard InChI is InChI=1S/C22H24O2/c1-4-24-21(23)20-13-10-17-15-16(9-12-19(17)20)8-11-18-7-5-6-14-22(18,2)3/h7,9,12-13,15H,4-6,10,14H2,1-3H3. The van der Waals surface area contributed by atoms with Gasteiger partial charge < -0.3 is 4.74 Å². The highest BCUT2D eigenvalue weighted by molar-refractivity contribution is 6.18. The second kappa shape index (κ2) is 6.69. The highest BCUT2D eigenvalue weighted by atomic mass is 16.5. The molecule has 0 atom stereocenters. The third-order valence-electron chi connectivity index (χ3n) is 4.84. The van der Waals surface area contributed by atoms with Gasteiger partial charge in [-0.1, -0.05) is 43.9 Å². The first-order chi connectivity index (χ1) is 11.5. The van der Waals surface area contributed by atoms with Gasteiger partial charge in [0.15, 0.2) is 0 Å². The lowest BCUT2D eigenvalue weighted by Gasteiger charge is -2.28. The van der Waals surface area contributed by atoms with Gasteiger partial charge in [0, 0.05) is 11.1 Å². The van der Waals surface area contributed by atoms with Crippen molar-refractivity contribution in [3.8, 4) is 11.8 Å². The van der Waals surface area contributed by atoms with Crippen LogP contribution < -0.4 is 0 Å². The SMILES string of the molecule is CCOC(=O)C1=CCc2cc(C#CC3=CCCCC3(C)C)ccc21. The second-order valence-corrected chi connectivity index (χ2v) is 7.06. The summed E-state index contributed by atoms with van der Waals surface area (Å²) in [5.41, 5.74) is 5.26. The van der Waals surface area contributed by atoms with E-state index in [1.54, 1.807) is 0 Å². The van der Waals surface area contributed by atoms with Crippen LogP contribution in [0.2, 0.25) is 0 Å². The zero-order valence-corrected chi connectivity index (χ0v) is 14.7. The van der Waals surface area contributed by atoms with Crippen molar-refractivity contribution in [3.63, 3.8) is 0 Å². The highest BCUT2D eigenvalue weighted by Crippen LogP contribution is 2.36. The maximum absolute atomic E-state index is 12.0. The molecule has 0 fully saturated rings. The molecule has 124 valence electrons. The van der Waals surface area contributed by atoms with Crippen LogP contribution in [0.3, 0.4) is 0 Å². The Morgan fingerprint density at radius 3 is 2.83 bits per heavy atom. The van der Waals surface area contributed by atoms with Gasteiger partial charge in [0.25, 0.3) is 0 Å². The zero-order chi connectivity index (χ0) is 17.2. The summed E-state index contributed by atoms with van der Waals surface area (Å²) >= 11 is 0. The number of carbonyl (C=O) groups excluding carboxylic acids is 1. The van der Waals surface area contributed by atoms with E-state index in [0.717, 1.165) is 29.5 Å². The first-order valence-electron chi connectivity index (χ1n) is 8.74. The van der Waals surface area contributed by atoms with Crippen LogP contribution in [0.25, 0.3) is 5.57 Å². The predicted octanol–water partition coefficient (Wildman–Crippen LogP) is 4.68. The summed E-state index contributed by atoms with van der Waals surface area (Å²) in [7, 11) is 0. The summed E-state index contributed by atoms with van der Waals surface area (Å²) in [6, 6.07) is 6.09. The number of hydrogen-bond donors (Lipinski definition) is 0. The average molecular weight is 320 g/mol. The average Bonchev–Trinajstić information content (AvgIpc) is 2.97. The van der Waals surface area contributed by atoms with Gasteiger partial charge in [-0.15, -0.1) is 0 Å². The quantitative estimate of drug-likeness (QED) is 0.584. The summed E-state index contributed by atoms with van der Waals surface area (Å²) < 4.78 is 5.12. The lowest BCUT2D eigenvalue weighted by molar-refractivity contribution is -0.136. The lowest BCUT2D eigenvalue weighted by Crippen LogP contribution is -2.16. The minimum Gasteiger partial charge on any atom is -0.462 e. The topological polar surface area (TPSA) is 26.3 Å². The minimum absolute atomic E-state index is 0.181. The van der Waals surface area contributed by atoms with Crippen molar-refractivity contribution in [1.29, 1.82) is 0 Å². The third-order valence-corrected chi connectivity index (χ3v) is 4.84. The van der Waals surface area contributed by atoms with Crippen LogP contribution in [0.1, 0.15) is 56.7 Å². The molecule has 0 radical (unpaired) electrons. The smallest absolute Gasteiger partial charge is 0.338 e. The van der Waals surface area contributed by atoms with Crippen molar-refractivity contribution < 1.29 is 9.53 Å². The Balaban J connectivity index is 1.82. The van der Waals surface area contributed by atoms with Crippen LogP contribution in [0.15, 0.2) is 35.9 Å². The largest absolute Gasteiger partial charge is 0.462 e. The third kappa shape index (κ3) is 3.31. The molecule has 0 heterocycles. The van der Waals surface area contributed by atoms with Crippen LogP contribution in [0.5, 0.6) is 0 Å². The second-order valence-electron chi connectivity index (χ2n) is 7.06. The number of ether oxygens (including phenoxy) is 1. The Bertz CT molecular complexity index is 782. The van der Waals surface area contributed by atoms with Crippen molar-refractivity contribution in [2.24, 2.45) is 5.41 Å². The molecular weight excluding hydrogens is 296 g/mol. The molecule has 0 aliphatic heterocycles. The van der Waals surface area contributed by atoms with Crippen molar-refractivity contribution in [2.45, 2.75) is 46.5 Å². The number of allylic oxidation sites excluding steroid dienone is 3. The van der Waals surface area contributed by atoms with Crippen LogP contribution in [-0.4, -0.2) is 12.6 Å². The van der Waals surface area contributed by atoms with E-state index in [0.29, 0.717) is 12.2 Å². The number of benzene rings is 1. The van der Waals surface area contributed by atoms with E-state index >= 15 is 0 Å². The molecule has 2 heteroatoms. The molecule has 0 unspecified atom stereocenters. The van der Waals surface area contributed by atoms with E-state index in [9.17, 15) is 4.79 Å². The Kier molecular flexibility index (Phi) is 4.62. The molecule has 1 aromatic rings. The summed E-state index contributed by atoms with van der Waals surface area (Å²) in [6.07, 6.45) is 8.58. The summed E-state index contributed by atoms with van der Waals surface area (Å²) in [5.74, 6) is 6.46. The van der Waals surface area contributed by atoms with E-state index in [4.69, 9.17) is 4.74 Å². The monoisotopic (exact) mass is 320 g/mol. The summed E-state index contributed by atoms with van der Waals surface area (Å²) in [6.45, 7) is 6.77. The molecule has 3 rings (SSSR count). The lowest BCUT2D eigenvalue weighted by atomic mass is 9.76. The van der Waals surface area contributed by atoms with Crippen molar-refractivity contribution >= 4 is 11.5 Å². The van der Waals surface area contributed by atoms with E-state index in [1.807, 2.05) is 25.1 Å². The Labute approximate surface area is 144 Å². The molecule has 0 saturated carbocycles. The van der Waals surface area contributed by atoms with Crippen molar-refractivity contribution in [1.82, 2.24) is 0 Å². The van der Waals surface area contributed by atoms with Gasteiger partial charge in [-0.25, -0.2) is 4.79 Å². The normalized spacial score (nSPS) is 18.0. The van der Waals surface area contributed by atoms with Crippen LogP contribution in [-0.2, 0) is 16.0 Å². The van der Waals surface area contributed by atoms with E-state index in [-0.39, 0.29) is 11.4 Å². The molecule has 2 aliphatic rings. The molecule has 0 N–H and O–H groups in total. The molecule has 1 aromatic carbocycles. The molecule has 0 aromatic heterocycles. The summed E-state index contributed by atoms with van der Waals surface area (Å²) in [4.78, 5) is 12.0. The fourth-order valence-corrected chi connectivity index (χ4v) is 3.39. The van der Waals surface area contributed by atoms with Gasteiger partial charge >= 0.3 is 5.97 Å². The molecule has 0 saturated heterocycles. The van der Waals surface area contributed by atoms with Gasteiger partial charge in [0.1, 0.15) is 0 Å². The number of carbonyl (C=O) groups is 1. The Morgan fingerprint density at radius 1 is 1.25 bits per heavy atom. The van der Waals surface area contributed by atoms with Gasteiger partial charge in [-0.05, 0) is 61.3 Å². The molecule has 2 nitrogen and oxygen atoms in total. The van der Waals surface area contributed by atoms with E-state index < -0.39 is 0 Å². The molecule has 0 amide bonds. The maximum Gasteiger partial charge on any atom is 0.338 e. The first-order valence-corrected chi connectivity index (χ1v) is 8.74. The molecule has 24 heavy (non-hydrogen) atoms. The highest BCUT2D eigenvalue weighted by Gasteiger charge is 2.24. The van der Waals surface area contributed by atoms with Crippen molar-refractivity contribution in [2.75, 3.05) is 6.61 Å². The Hall–Kier alpha value is -2.27. The van der Waals surface area contributed by atoms with Gasteiger partial charge in [-0.2, -0.15) is 0 Å².